The predicted molar refractivity (Wildman–Crippen MR) is 47.4 cm³/mol. The summed E-state index contributed by atoms with van der Waals surface area (Å²) in [6.07, 6.45) is 4.59. The van der Waals surface area contributed by atoms with Gasteiger partial charge in [-0.2, -0.15) is 0 Å². The third-order valence-electron chi connectivity index (χ3n) is 3.17. The lowest BCUT2D eigenvalue weighted by Gasteiger charge is -2.20. The van der Waals surface area contributed by atoms with Crippen LogP contribution in [0.4, 0.5) is 0 Å². The van der Waals surface area contributed by atoms with E-state index >= 15 is 0 Å². The van der Waals surface area contributed by atoms with Gasteiger partial charge >= 0.3 is 0 Å². The van der Waals surface area contributed by atoms with Crippen LogP contribution in [0.3, 0.4) is 0 Å². The largest absolute Gasteiger partial charge is 0.393 e. The summed E-state index contributed by atoms with van der Waals surface area (Å²) in [4.78, 5) is 0. The maximum Gasteiger partial charge on any atom is 0.0596 e. The van der Waals surface area contributed by atoms with Gasteiger partial charge in [0.2, 0.25) is 0 Å². The summed E-state index contributed by atoms with van der Waals surface area (Å²) in [6, 6.07) is 0. The van der Waals surface area contributed by atoms with Crippen LogP contribution in [-0.2, 0) is 0 Å². The van der Waals surface area contributed by atoms with Crippen LogP contribution in [0.15, 0.2) is 0 Å². The quantitative estimate of drug-likeness (QED) is 0.663. The molecule has 1 rings (SSSR count). The van der Waals surface area contributed by atoms with Gasteiger partial charge in [0, 0.05) is 0 Å². The molecule has 11 heavy (non-hydrogen) atoms. The number of aliphatic hydroxyl groups excluding tert-OH is 1. The Bertz CT molecular complexity index is 127. The first-order valence-corrected chi connectivity index (χ1v) is 4.76. The van der Waals surface area contributed by atoms with Crippen LogP contribution >= 0.6 is 0 Å². The van der Waals surface area contributed by atoms with E-state index in [1.807, 2.05) is 0 Å². The average Bonchev–Trinajstić information content (AvgIpc) is 2.69. The van der Waals surface area contributed by atoms with Gasteiger partial charge in [-0.25, -0.2) is 0 Å². The van der Waals surface area contributed by atoms with Gasteiger partial charge in [0.15, 0.2) is 0 Å². The predicted octanol–water partition coefficient (Wildman–Crippen LogP) is 2.58. The molecule has 0 amide bonds. The van der Waals surface area contributed by atoms with Crippen molar-refractivity contribution in [1.29, 1.82) is 0 Å². The summed E-state index contributed by atoms with van der Waals surface area (Å²) < 4.78 is 0. The van der Waals surface area contributed by atoms with E-state index in [1.165, 1.54) is 19.3 Å². The molecule has 1 fully saturated rings. The Morgan fingerprint density at radius 2 is 2.00 bits per heavy atom. The van der Waals surface area contributed by atoms with E-state index in [1.54, 1.807) is 0 Å². The second-order valence-corrected chi connectivity index (χ2v) is 4.42. The lowest BCUT2D eigenvalue weighted by atomic mass is 9.91. The van der Waals surface area contributed by atoms with E-state index in [9.17, 15) is 5.11 Å². The zero-order valence-electron chi connectivity index (χ0n) is 7.93. The van der Waals surface area contributed by atoms with Crippen LogP contribution in [-0.4, -0.2) is 11.2 Å². The zero-order valence-corrected chi connectivity index (χ0v) is 7.93. The second-order valence-electron chi connectivity index (χ2n) is 4.42. The third-order valence-corrected chi connectivity index (χ3v) is 3.17. The molecule has 0 aliphatic heterocycles. The molecule has 1 heteroatoms. The van der Waals surface area contributed by atoms with Gasteiger partial charge in [-0.3, -0.25) is 0 Å². The van der Waals surface area contributed by atoms with Crippen molar-refractivity contribution in [2.75, 3.05) is 0 Å². The minimum atomic E-state index is -0.0440. The second kappa shape index (κ2) is 3.14. The number of rotatable bonds is 4. The van der Waals surface area contributed by atoms with E-state index in [0.29, 0.717) is 11.3 Å². The zero-order chi connectivity index (χ0) is 8.48. The van der Waals surface area contributed by atoms with Crippen molar-refractivity contribution in [1.82, 2.24) is 0 Å². The summed E-state index contributed by atoms with van der Waals surface area (Å²) >= 11 is 0. The molecule has 66 valence electrons. The highest BCUT2D eigenvalue weighted by Crippen LogP contribution is 2.49. The van der Waals surface area contributed by atoms with E-state index < -0.39 is 0 Å². The third kappa shape index (κ3) is 2.19. The SMILES string of the molecule is CCC(C)CC(O)C1(C)CC1. The molecule has 0 spiro atoms. The molecule has 0 aromatic heterocycles. The Labute approximate surface area is 69.8 Å². The van der Waals surface area contributed by atoms with Gasteiger partial charge < -0.3 is 5.11 Å². The first-order valence-electron chi connectivity index (χ1n) is 4.76. The fourth-order valence-electron chi connectivity index (χ4n) is 1.36. The summed E-state index contributed by atoms with van der Waals surface area (Å²) in [5, 5.41) is 9.75. The Hall–Kier alpha value is -0.0400. The average molecular weight is 156 g/mol. The van der Waals surface area contributed by atoms with Crippen molar-refractivity contribution in [3.63, 3.8) is 0 Å². The molecule has 0 aromatic rings. The maximum absolute atomic E-state index is 9.75. The van der Waals surface area contributed by atoms with Crippen LogP contribution in [0.25, 0.3) is 0 Å². The molecule has 1 saturated carbocycles. The van der Waals surface area contributed by atoms with Gasteiger partial charge in [0.25, 0.3) is 0 Å². The van der Waals surface area contributed by atoms with Crippen molar-refractivity contribution in [3.8, 4) is 0 Å². The highest BCUT2D eigenvalue weighted by molar-refractivity contribution is 4.94. The molecule has 1 aliphatic rings. The van der Waals surface area contributed by atoms with Gasteiger partial charge in [-0.1, -0.05) is 27.2 Å². The van der Waals surface area contributed by atoms with E-state index in [2.05, 4.69) is 20.8 Å². The first-order chi connectivity index (χ1) is 5.08. The summed E-state index contributed by atoms with van der Waals surface area (Å²) in [6.45, 7) is 6.60. The van der Waals surface area contributed by atoms with Crippen LogP contribution in [0.5, 0.6) is 0 Å². The molecule has 0 aromatic carbocycles. The van der Waals surface area contributed by atoms with Gasteiger partial charge in [0.05, 0.1) is 6.10 Å². The summed E-state index contributed by atoms with van der Waals surface area (Å²) in [5.74, 6) is 0.683. The van der Waals surface area contributed by atoms with E-state index in [4.69, 9.17) is 0 Å². The van der Waals surface area contributed by atoms with Gasteiger partial charge in [-0.15, -0.1) is 0 Å². The van der Waals surface area contributed by atoms with Crippen LogP contribution in [0.1, 0.15) is 46.5 Å². The topological polar surface area (TPSA) is 20.2 Å². The fourth-order valence-corrected chi connectivity index (χ4v) is 1.36. The highest BCUT2D eigenvalue weighted by Gasteiger charge is 2.43. The smallest absolute Gasteiger partial charge is 0.0596 e. The highest BCUT2D eigenvalue weighted by atomic mass is 16.3. The van der Waals surface area contributed by atoms with Crippen LogP contribution in [0.2, 0.25) is 0 Å². The molecule has 2 unspecified atom stereocenters. The summed E-state index contributed by atoms with van der Waals surface area (Å²) in [7, 11) is 0. The Morgan fingerprint density at radius 3 is 2.36 bits per heavy atom. The van der Waals surface area contributed by atoms with E-state index in [0.717, 1.165) is 6.42 Å². The van der Waals surface area contributed by atoms with Crippen LogP contribution in [0, 0.1) is 11.3 Å². The Balaban J connectivity index is 2.25. The van der Waals surface area contributed by atoms with Gasteiger partial charge in [0.1, 0.15) is 0 Å². The number of hydrogen-bond acceptors (Lipinski definition) is 1. The van der Waals surface area contributed by atoms with Crippen LogP contribution < -0.4 is 0 Å². The molecular formula is C10H20O. The summed E-state index contributed by atoms with van der Waals surface area (Å²) in [5.41, 5.74) is 0.295. The van der Waals surface area contributed by atoms with Crippen molar-refractivity contribution >= 4 is 0 Å². The van der Waals surface area contributed by atoms with Gasteiger partial charge in [-0.05, 0) is 30.6 Å². The van der Waals surface area contributed by atoms with E-state index in [-0.39, 0.29) is 6.10 Å². The Morgan fingerprint density at radius 1 is 1.45 bits per heavy atom. The normalized spacial score (nSPS) is 26.2. The lowest BCUT2D eigenvalue weighted by molar-refractivity contribution is 0.0787. The molecule has 1 N–H and O–H groups in total. The molecule has 0 heterocycles. The van der Waals surface area contributed by atoms with Crippen molar-refractivity contribution in [3.05, 3.63) is 0 Å². The maximum atomic E-state index is 9.75. The molecule has 1 nitrogen and oxygen atoms in total. The fraction of sp³-hybridized carbons (Fsp3) is 1.00. The van der Waals surface area contributed by atoms with Crippen molar-refractivity contribution < 1.29 is 5.11 Å². The van der Waals surface area contributed by atoms with Crippen molar-refractivity contribution in [2.45, 2.75) is 52.6 Å². The molecule has 0 radical (unpaired) electrons. The molecule has 0 bridgehead atoms. The Kier molecular flexibility index (Phi) is 2.58. The molecular weight excluding hydrogens is 136 g/mol. The van der Waals surface area contributed by atoms with Crippen molar-refractivity contribution in [2.24, 2.45) is 11.3 Å². The standard InChI is InChI=1S/C10H20O/c1-4-8(2)7-9(11)10(3)5-6-10/h8-9,11H,4-7H2,1-3H3. The first kappa shape index (κ1) is 9.05. The lowest BCUT2D eigenvalue weighted by Crippen LogP contribution is -2.21. The molecule has 2 atom stereocenters. The molecule has 1 aliphatic carbocycles. The number of hydrogen-bond donors (Lipinski definition) is 1. The molecule has 0 saturated heterocycles. The monoisotopic (exact) mass is 156 g/mol. The minimum absolute atomic E-state index is 0.0440. The minimum Gasteiger partial charge on any atom is -0.393 e. The number of aliphatic hydroxyl groups is 1.